The average molecular weight is 290 g/mol. The topological polar surface area (TPSA) is 35.5 Å². The fourth-order valence-electron chi connectivity index (χ4n) is 3.09. The molecule has 0 aliphatic heterocycles. The number of nitrogens with zero attached hydrogens (tertiary/aromatic N) is 1. The number of aliphatic hydroxyl groups is 1. The van der Waals surface area contributed by atoms with E-state index in [1.54, 1.807) is 0 Å². The molecule has 1 aromatic rings. The number of benzene rings is 1. The Morgan fingerprint density at radius 1 is 1.29 bits per heavy atom. The Labute approximate surface area is 129 Å². The maximum absolute atomic E-state index is 10.00. The van der Waals surface area contributed by atoms with E-state index in [0.29, 0.717) is 5.92 Å². The summed E-state index contributed by atoms with van der Waals surface area (Å²) in [6.45, 7) is 6.89. The predicted octanol–water partition coefficient (Wildman–Crippen LogP) is 2.60. The quantitative estimate of drug-likeness (QED) is 0.734. The van der Waals surface area contributed by atoms with Gasteiger partial charge in [-0.25, -0.2) is 0 Å². The van der Waals surface area contributed by atoms with Crippen molar-refractivity contribution in [2.75, 3.05) is 26.7 Å². The first kappa shape index (κ1) is 16.5. The Balaban J connectivity index is 2.05. The number of likely N-dealkylation sites (N-methyl/N-ethyl adjacent to an activating group) is 1. The lowest BCUT2D eigenvalue weighted by atomic mass is 9.87. The highest BCUT2D eigenvalue weighted by molar-refractivity contribution is 5.24. The molecule has 2 N–H and O–H groups in total. The van der Waals surface area contributed by atoms with Gasteiger partial charge >= 0.3 is 0 Å². The van der Waals surface area contributed by atoms with Crippen LogP contribution in [0.4, 0.5) is 0 Å². The van der Waals surface area contributed by atoms with E-state index in [4.69, 9.17) is 0 Å². The highest BCUT2D eigenvalue weighted by Gasteiger charge is 2.34. The van der Waals surface area contributed by atoms with Crippen molar-refractivity contribution < 1.29 is 5.11 Å². The van der Waals surface area contributed by atoms with Gasteiger partial charge in [0.1, 0.15) is 0 Å². The third-order valence-electron chi connectivity index (χ3n) is 4.56. The van der Waals surface area contributed by atoms with Crippen LogP contribution in [0.15, 0.2) is 30.3 Å². The lowest BCUT2D eigenvalue weighted by Crippen LogP contribution is -2.46. The summed E-state index contributed by atoms with van der Waals surface area (Å²) in [5.74, 6) is 0.695. The summed E-state index contributed by atoms with van der Waals surface area (Å²) in [4.78, 5) is 2.61. The van der Waals surface area contributed by atoms with Crippen LogP contribution >= 0.6 is 0 Å². The second-order valence-corrected chi connectivity index (χ2v) is 6.73. The Kier molecular flexibility index (Phi) is 5.80. The summed E-state index contributed by atoms with van der Waals surface area (Å²) in [7, 11) is 1.95. The van der Waals surface area contributed by atoms with E-state index in [9.17, 15) is 5.11 Å². The fourth-order valence-corrected chi connectivity index (χ4v) is 3.09. The minimum absolute atomic E-state index is 0.133. The molecule has 118 valence electrons. The maximum Gasteiger partial charge on any atom is 0.0678 e. The first-order valence-electron chi connectivity index (χ1n) is 8.20. The maximum atomic E-state index is 10.00. The molecule has 1 unspecified atom stereocenters. The van der Waals surface area contributed by atoms with Crippen LogP contribution in [-0.2, 0) is 5.54 Å². The van der Waals surface area contributed by atoms with Crippen LogP contribution in [0.25, 0.3) is 0 Å². The van der Waals surface area contributed by atoms with E-state index in [1.165, 1.54) is 18.4 Å². The minimum atomic E-state index is -0.328. The normalized spacial score (nSPS) is 18.2. The van der Waals surface area contributed by atoms with Crippen LogP contribution in [0, 0.1) is 5.92 Å². The van der Waals surface area contributed by atoms with Crippen molar-refractivity contribution >= 4 is 0 Å². The predicted molar refractivity (Wildman–Crippen MR) is 88.3 cm³/mol. The number of hydrogen-bond donors (Lipinski definition) is 2. The molecule has 1 atom stereocenters. The van der Waals surface area contributed by atoms with Gasteiger partial charge in [0.2, 0.25) is 0 Å². The molecule has 1 aliphatic rings. The lowest BCUT2D eigenvalue weighted by Gasteiger charge is -2.35. The summed E-state index contributed by atoms with van der Waals surface area (Å²) in [5.41, 5.74) is 0.848. The molecule has 0 spiro atoms. The molecule has 1 fully saturated rings. The van der Waals surface area contributed by atoms with Gasteiger partial charge in [0.25, 0.3) is 0 Å². The molecule has 0 amide bonds. The standard InChI is InChI=1S/C18H30N2O/c1-15(2)13-20(17-9-10-17)12-11-18(14-21,19-3)16-7-5-4-6-8-16/h4-8,15,17,19,21H,9-14H2,1-3H3. The summed E-state index contributed by atoms with van der Waals surface area (Å²) < 4.78 is 0. The molecule has 0 bridgehead atoms. The third-order valence-corrected chi connectivity index (χ3v) is 4.56. The largest absolute Gasteiger partial charge is 0.394 e. The van der Waals surface area contributed by atoms with Crippen molar-refractivity contribution in [1.82, 2.24) is 10.2 Å². The van der Waals surface area contributed by atoms with Crippen molar-refractivity contribution in [3.05, 3.63) is 35.9 Å². The molecule has 0 saturated heterocycles. The van der Waals surface area contributed by atoms with Gasteiger partial charge in [-0.2, -0.15) is 0 Å². The highest BCUT2D eigenvalue weighted by Crippen LogP contribution is 2.30. The molecule has 21 heavy (non-hydrogen) atoms. The molecular weight excluding hydrogens is 260 g/mol. The van der Waals surface area contributed by atoms with Gasteiger partial charge in [-0.05, 0) is 37.8 Å². The smallest absolute Gasteiger partial charge is 0.0678 e. The van der Waals surface area contributed by atoms with Gasteiger partial charge in [0, 0.05) is 19.1 Å². The monoisotopic (exact) mass is 290 g/mol. The summed E-state index contributed by atoms with van der Waals surface area (Å²) in [6.07, 6.45) is 3.61. The molecule has 3 heteroatoms. The first-order valence-corrected chi connectivity index (χ1v) is 8.20. The van der Waals surface area contributed by atoms with Crippen molar-refractivity contribution in [3.63, 3.8) is 0 Å². The van der Waals surface area contributed by atoms with Crippen LogP contribution in [0.1, 0.15) is 38.7 Å². The Bertz CT molecular complexity index is 410. The van der Waals surface area contributed by atoms with E-state index in [1.807, 2.05) is 25.2 Å². The van der Waals surface area contributed by atoms with Gasteiger partial charge in [0.15, 0.2) is 0 Å². The zero-order valence-electron chi connectivity index (χ0n) is 13.7. The summed E-state index contributed by atoms with van der Waals surface area (Å²) >= 11 is 0. The molecule has 3 nitrogen and oxygen atoms in total. The molecule has 1 saturated carbocycles. The Hall–Kier alpha value is -0.900. The van der Waals surface area contributed by atoms with Crippen LogP contribution in [0.2, 0.25) is 0 Å². The molecule has 0 heterocycles. The lowest BCUT2D eigenvalue weighted by molar-refractivity contribution is 0.131. The van der Waals surface area contributed by atoms with E-state index < -0.39 is 0 Å². The SMILES string of the molecule is CNC(CO)(CCN(CC(C)C)C1CC1)c1ccccc1. The van der Waals surface area contributed by atoms with Crippen LogP contribution < -0.4 is 5.32 Å². The number of rotatable bonds is 9. The zero-order valence-corrected chi connectivity index (χ0v) is 13.7. The molecule has 2 rings (SSSR count). The number of aliphatic hydroxyl groups excluding tert-OH is 1. The van der Waals surface area contributed by atoms with Gasteiger partial charge in [0.05, 0.1) is 12.1 Å². The van der Waals surface area contributed by atoms with Crippen molar-refractivity contribution in [2.24, 2.45) is 5.92 Å². The van der Waals surface area contributed by atoms with Crippen molar-refractivity contribution in [1.29, 1.82) is 0 Å². The molecular formula is C18H30N2O. The third kappa shape index (κ3) is 4.29. The van der Waals surface area contributed by atoms with Crippen molar-refractivity contribution in [3.8, 4) is 0 Å². The summed E-state index contributed by atoms with van der Waals surface area (Å²) in [6, 6.07) is 11.1. The Morgan fingerprint density at radius 2 is 1.95 bits per heavy atom. The average Bonchev–Trinajstić information content (AvgIpc) is 3.33. The van der Waals surface area contributed by atoms with Gasteiger partial charge in [-0.1, -0.05) is 44.2 Å². The number of hydrogen-bond acceptors (Lipinski definition) is 3. The minimum Gasteiger partial charge on any atom is -0.394 e. The second kappa shape index (κ2) is 7.39. The van der Waals surface area contributed by atoms with Crippen LogP contribution in [0.3, 0.4) is 0 Å². The van der Waals surface area contributed by atoms with E-state index in [-0.39, 0.29) is 12.1 Å². The van der Waals surface area contributed by atoms with Crippen molar-refractivity contribution in [2.45, 2.75) is 44.7 Å². The highest BCUT2D eigenvalue weighted by atomic mass is 16.3. The first-order chi connectivity index (χ1) is 10.1. The molecule has 0 radical (unpaired) electrons. The van der Waals surface area contributed by atoms with E-state index in [2.05, 4.69) is 36.2 Å². The van der Waals surface area contributed by atoms with Gasteiger partial charge in [-0.15, -0.1) is 0 Å². The number of nitrogens with one attached hydrogen (secondary N) is 1. The van der Waals surface area contributed by atoms with E-state index in [0.717, 1.165) is 25.6 Å². The van der Waals surface area contributed by atoms with E-state index >= 15 is 0 Å². The second-order valence-electron chi connectivity index (χ2n) is 6.73. The van der Waals surface area contributed by atoms with Gasteiger partial charge in [-0.3, -0.25) is 0 Å². The van der Waals surface area contributed by atoms with Gasteiger partial charge < -0.3 is 15.3 Å². The molecule has 1 aromatic carbocycles. The Morgan fingerprint density at radius 3 is 2.43 bits per heavy atom. The molecule has 0 aromatic heterocycles. The zero-order chi connectivity index (χ0) is 15.3. The van der Waals surface area contributed by atoms with Crippen LogP contribution in [-0.4, -0.2) is 42.8 Å². The molecule has 1 aliphatic carbocycles. The van der Waals surface area contributed by atoms with Crippen LogP contribution in [0.5, 0.6) is 0 Å². The fraction of sp³-hybridized carbons (Fsp3) is 0.667. The summed E-state index contributed by atoms with van der Waals surface area (Å²) in [5, 5.41) is 13.4.